The first-order valence-electron chi connectivity index (χ1n) is 6.98. The normalized spacial score (nSPS) is 13.3. The van der Waals surface area contributed by atoms with E-state index in [1.165, 1.54) is 24.3 Å². The van der Waals surface area contributed by atoms with Gasteiger partial charge in [0.2, 0.25) is 0 Å². The van der Waals surface area contributed by atoms with Gasteiger partial charge in [0, 0.05) is 0 Å². The fraction of sp³-hybridized carbons (Fsp3) is 0.235. The fourth-order valence-corrected chi connectivity index (χ4v) is 3.57. The second-order valence-electron chi connectivity index (χ2n) is 5.34. The number of aryl methyl sites for hydroxylation is 1. The predicted octanol–water partition coefficient (Wildman–Crippen LogP) is 4.28. The number of alkyl halides is 3. The van der Waals surface area contributed by atoms with E-state index in [1.807, 2.05) is 0 Å². The van der Waals surface area contributed by atoms with Crippen LogP contribution in [0.25, 0.3) is 4.85 Å². The Morgan fingerprint density at radius 3 is 2.29 bits per heavy atom. The largest absolute Gasteiger partial charge is 0.416 e. The Bertz CT molecular complexity index is 866. The number of hydrogen-bond acceptors (Lipinski definition) is 2. The molecule has 0 bridgehead atoms. The molecule has 0 aromatic heterocycles. The van der Waals surface area contributed by atoms with Crippen LogP contribution < -0.4 is 0 Å². The van der Waals surface area contributed by atoms with Gasteiger partial charge in [-0.15, -0.1) is 0 Å². The summed E-state index contributed by atoms with van der Waals surface area (Å²) in [5.74, 6) is 0. The third kappa shape index (κ3) is 3.95. The number of hydrogen-bond donors (Lipinski definition) is 0. The number of halogens is 3. The highest BCUT2D eigenvalue weighted by Crippen LogP contribution is 2.30. The molecule has 0 fully saturated rings. The number of sulfone groups is 1. The summed E-state index contributed by atoms with van der Waals surface area (Å²) in [6.07, 6.45) is -4.82. The maximum atomic E-state index is 12.7. The van der Waals surface area contributed by atoms with Crippen molar-refractivity contribution in [2.24, 2.45) is 0 Å². The van der Waals surface area contributed by atoms with Gasteiger partial charge in [-0.25, -0.2) is 15.0 Å². The van der Waals surface area contributed by atoms with Gasteiger partial charge in [-0.05, 0) is 30.7 Å². The molecule has 126 valence electrons. The van der Waals surface area contributed by atoms with Crippen LogP contribution in [0.5, 0.6) is 0 Å². The van der Waals surface area contributed by atoms with Gasteiger partial charge in [-0.2, -0.15) is 13.2 Å². The maximum Gasteiger partial charge on any atom is 0.416 e. The second kappa shape index (κ2) is 6.65. The summed E-state index contributed by atoms with van der Waals surface area (Å²) < 4.78 is 63.3. The summed E-state index contributed by atoms with van der Waals surface area (Å²) in [7, 11) is -3.95. The van der Waals surface area contributed by atoms with E-state index < -0.39 is 27.0 Å². The van der Waals surface area contributed by atoms with Crippen LogP contribution in [0.15, 0.2) is 53.4 Å². The minimum atomic E-state index is -4.51. The summed E-state index contributed by atoms with van der Waals surface area (Å²) in [6, 6.07) is 10.4. The van der Waals surface area contributed by atoms with Gasteiger partial charge in [-0.1, -0.05) is 35.9 Å². The van der Waals surface area contributed by atoms with Crippen LogP contribution in [0.4, 0.5) is 13.2 Å². The van der Waals surface area contributed by atoms with Crippen molar-refractivity contribution < 1.29 is 21.6 Å². The Morgan fingerprint density at radius 2 is 1.75 bits per heavy atom. The lowest BCUT2D eigenvalue weighted by Gasteiger charge is -2.11. The molecule has 0 aliphatic carbocycles. The van der Waals surface area contributed by atoms with Crippen molar-refractivity contribution >= 4 is 9.84 Å². The van der Waals surface area contributed by atoms with E-state index in [1.54, 1.807) is 19.1 Å². The molecule has 1 unspecified atom stereocenters. The molecular formula is C17H14F3NO2S. The average Bonchev–Trinajstić information content (AvgIpc) is 2.52. The molecule has 24 heavy (non-hydrogen) atoms. The Hall–Kier alpha value is -2.33. The van der Waals surface area contributed by atoms with Gasteiger partial charge in [0.1, 0.15) is 0 Å². The van der Waals surface area contributed by atoms with Gasteiger partial charge in [-0.3, -0.25) is 4.85 Å². The van der Waals surface area contributed by atoms with Gasteiger partial charge in [0.25, 0.3) is 9.84 Å². The zero-order chi connectivity index (χ0) is 18.0. The Kier molecular flexibility index (Phi) is 4.99. The number of rotatable bonds is 4. The van der Waals surface area contributed by atoms with E-state index in [2.05, 4.69) is 4.85 Å². The van der Waals surface area contributed by atoms with Crippen LogP contribution >= 0.6 is 0 Å². The molecule has 2 aromatic carbocycles. The van der Waals surface area contributed by atoms with Crippen LogP contribution in [0.2, 0.25) is 0 Å². The van der Waals surface area contributed by atoms with Crippen molar-refractivity contribution in [3.05, 3.63) is 76.6 Å². The Balaban J connectivity index is 2.33. The SMILES string of the molecule is [C-]#[N+]C(Cc1cccc(C(F)(F)F)c1)S(=O)(=O)c1ccc(C)cc1. The molecule has 0 saturated carbocycles. The molecule has 0 radical (unpaired) electrons. The van der Waals surface area contributed by atoms with Crippen molar-refractivity contribution in [2.45, 2.75) is 29.8 Å². The zero-order valence-corrected chi connectivity index (χ0v) is 13.5. The van der Waals surface area contributed by atoms with Crippen LogP contribution in [0, 0.1) is 13.5 Å². The van der Waals surface area contributed by atoms with Gasteiger partial charge in [0.15, 0.2) is 0 Å². The number of nitrogens with zero attached hydrogens (tertiary/aromatic N) is 1. The van der Waals surface area contributed by atoms with E-state index in [0.717, 1.165) is 17.7 Å². The van der Waals surface area contributed by atoms with E-state index in [0.29, 0.717) is 0 Å². The molecule has 2 aromatic rings. The van der Waals surface area contributed by atoms with Gasteiger partial charge >= 0.3 is 11.6 Å². The smallest absolute Gasteiger partial charge is 0.296 e. The lowest BCUT2D eigenvalue weighted by Crippen LogP contribution is -2.21. The van der Waals surface area contributed by atoms with Crippen molar-refractivity contribution in [2.75, 3.05) is 0 Å². The molecule has 0 heterocycles. The van der Waals surface area contributed by atoms with E-state index in [9.17, 15) is 21.6 Å². The average molecular weight is 353 g/mol. The quantitative estimate of drug-likeness (QED) is 0.770. The summed E-state index contributed by atoms with van der Waals surface area (Å²) >= 11 is 0. The summed E-state index contributed by atoms with van der Waals surface area (Å²) in [4.78, 5) is 3.11. The standard InChI is InChI=1S/C17H14F3NO2S/c1-12-6-8-15(9-7-12)24(22,23)16(21-2)11-13-4-3-5-14(10-13)17(18,19)20/h3-10,16H,11H2,1H3. The van der Waals surface area contributed by atoms with Crippen molar-refractivity contribution in [1.82, 2.24) is 0 Å². The molecule has 0 aliphatic heterocycles. The molecule has 0 spiro atoms. The predicted molar refractivity (Wildman–Crippen MR) is 83.9 cm³/mol. The molecule has 0 amide bonds. The lowest BCUT2D eigenvalue weighted by molar-refractivity contribution is -0.137. The van der Waals surface area contributed by atoms with Crippen LogP contribution in [-0.4, -0.2) is 13.8 Å². The third-order valence-electron chi connectivity index (χ3n) is 3.52. The summed E-state index contributed by atoms with van der Waals surface area (Å²) in [6.45, 7) is 8.95. The monoisotopic (exact) mass is 353 g/mol. The summed E-state index contributed by atoms with van der Waals surface area (Å²) in [5, 5.41) is -1.47. The van der Waals surface area contributed by atoms with Gasteiger partial charge in [0.05, 0.1) is 16.9 Å². The highest BCUT2D eigenvalue weighted by atomic mass is 32.2. The zero-order valence-electron chi connectivity index (χ0n) is 12.7. The lowest BCUT2D eigenvalue weighted by atomic mass is 10.1. The van der Waals surface area contributed by atoms with Crippen molar-refractivity contribution in [3.63, 3.8) is 0 Å². The molecule has 0 saturated heterocycles. The molecule has 1 atom stereocenters. The first-order valence-corrected chi connectivity index (χ1v) is 8.52. The highest BCUT2D eigenvalue weighted by Gasteiger charge is 2.34. The highest BCUT2D eigenvalue weighted by molar-refractivity contribution is 7.92. The first kappa shape index (κ1) is 18.0. The number of benzene rings is 2. The molecule has 2 rings (SSSR count). The molecular weight excluding hydrogens is 339 g/mol. The molecule has 7 heteroatoms. The maximum absolute atomic E-state index is 12.7. The van der Waals surface area contributed by atoms with Crippen molar-refractivity contribution in [3.8, 4) is 0 Å². The third-order valence-corrected chi connectivity index (χ3v) is 5.43. The minimum absolute atomic E-state index is 0.0129. The van der Waals surface area contributed by atoms with E-state index >= 15 is 0 Å². The Morgan fingerprint density at radius 1 is 1.12 bits per heavy atom. The second-order valence-corrected chi connectivity index (χ2v) is 7.45. The molecule has 0 aliphatic rings. The van der Waals surface area contributed by atoms with Crippen LogP contribution in [-0.2, 0) is 22.4 Å². The first-order chi connectivity index (χ1) is 11.1. The van der Waals surface area contributed by atoms with Gasteiger partial charge < -0.3 is 0 Å². The van der Waals surface area contributed by atoms with Crippen LogP contribution in [0.3, 0.4) is 0 Å². The summed E-state index contributed by atoms with van der Waals surface area (Å²) in [5.41, 5.74) is 0.157. The van der Waals surface area contributed by atoms with Crippen molar-refractivity contribution in [1.29, 1.82) is 0 Å². The molecule has 0 N–H and O–H groups in total. The van der Waals surface area contributed by atoms with E-state index in [4.69, 9.17) is 6.57 Å². The molecule has 3 nitrogen and oxygen atoms in total. The minimum Gasteiger partial charge on any atom is -0.296 e. The fourth-order valence-electron chi connectivity index (χ4n) is 2.19. The van der Waals surface area contributed by atoms with E-state index in [-0.39, 0.29) is 16.9 Å². The Labute approximate surface area is 138 Å². The van der Waals surface area contributed by atoms with Crippen LogP contribution in [0.1, 0.15) is 16.7 Å². The topological polar surface area (TPSA) is 38.5 Å².